The number of amides is 1. The molecule has 5 nitrogen and oxygen atoms in total. The standard InChI is InChI=1S/C20H29BrN4O/c1-2-22-19(23-14-18(26)25-12-6-3-7-13-25)24-15-20(10-11-20)16-8-4-5-9-17(16)21/h4-5,8-9H,2-3,6-7,10-15H2,1H3,(H2,22,23,24). The summed E-state index contributed by atoms with van der Waals surface area (Å²) in [6.07, 6.45) is 5.81. The van der Waals surface area contributed by atoms with Crippen molar-refractivity contribution in [2.75, 3.05) is 32.7 Å². The Hall–Kier alpha value is -1.56. The number of aliphatic imine (C=N–C) groups is 1. The highest BCUT2D eigenvalue weighted by Gasteiger charge is 2.45. The van der Waals surface area contributed by atoms with Gasteiger partial charge in [-0.25, -0.2) is 4.99 Å². The third-order valence-electron chi connectivity index (χ3n) is 5.32. The van der Waals surface area contributed by atoms with E-state index in [1.807, 2.05) is 11.8 Å². The van der Waals surface area contributed by atoms with Crippen LogP contribution in [0.3, 0.4) is 0 Å². The van der Waals surface area contributed by atoms with Gasteiger partial charge in [-0.3, -0.25) is 4.79 Å². The molecule has 0 spiro atoms. The highest BCUT2D eigenvalue weighted by molar-refractivity contribution is 9.10. The maximum atomic E-state index is 12.3. The van der Waals surface area contributed by atoms with Crippen molar-refractivity contribution in [3.05, 3.63) is 34.3 Å². The molecule has 1 aromatic carbocycles. The van der Waals surface area contributed by atoms with Gasteiger partial charge in [0.25, 0.3) is 0 Å². The average molecular weight is 421 g/mol. The number of likely N-dealkylation sites (tertiary alicyclic amines) is 1. The predicted octanol–water partition coefficient (Wildman–Crippen LogP) is 3.05. The van der Waals surface area contributed by atoms with Crippen LogP contribution in [-0.4, -0.2) is 49.5 Å². The Bertz CT molecular complexity index is 651. The number of nitrogens with zero attached hydrogens (tertiary/aromatic N) is 2. The molecule has 0 atom stereocenters. The quantitative estimate of drug-likeness (QED) is 0.549. The van der Waals surface area contributed by atoms with E-state index in [9.17, 15) is 4.79 Å². The Balaban J connectivity index is 1.58. The van der Waals surface area contributed by atoms with Crippen LogP contribution in [0, 0.1) is 0 Å². The number of hydrogen-bond acceptors (Lipinski definition) is 2. The van der Waals surface area contributed by atoms with E-state index < -0.39 is 0 Å². The van der Waals surface area contributed by atoms with Crippen molar-refractivity contribution in [1.82, 2.24) is 15.5 Å². The first kappa shape index (κ1) is 19.2. The predicted molar refractivity (Wildman–Crippen MR) is 109 cm³/mol. The lowest BCUT2D eigenvalue weighted by atomic mass is 9.96. The van der Waals surface area contributed by atoms with Gasteiger partial charge in [0.15, 0.2) is 5.96 Å². The van der Waals surface area contributed by atoms with E-state index in [0.29, 0.717) is 0 Å². The number of carbonyl (C=O) groups is 1. The fraction of sp³-hybridized carbons (Fsp3) is 0.600. The molecule has 0 unspecified atom stereocenters. The molecule has 1 saturated heterocycles. The summed E-state index contributed by atoms with van der Waals surface area (Å²) in [5.41, 5.74) is 1.53. The Labute approximate surface area is 164 Å². The van der Waals surface area contributed by atoms with Crippen LogP contribution in [0.5, 0.6) is 0 Å². The molecule has 1 aliphatic heterocycles. The number of hydrogen-bond donors (Lipinski definition) is 2. The molecule has 2 fully saturated rings. The van der Waals surface area contributed by atoms with E-state index >= 15 is 0 Å². The number of nitrogens with one attached hydrogen (secondary N) is 2. The van der Waals surface area contributed by atoms with E-state index in [1.165, 1.54) is 29.3 Å². The lowest BCUT2D eigenvalue weighted by molar-refractivity contribution is -0.130. The molecule has 3 rings (SSSR count). The molecule has 0 radical (unpaired) electrons. The van der Waals surface area contributed by atoms with Crippen LogP contribution in [0.1, 0.15) is 44.6 Å². The zero-order chi connectivity index (χ0) is 18.4. The fourth-order valence-corrected chi connectivity index (χ4v) is 4.27. The van der Waals surface area contributed by atoms with E-state index in [4.69, 9.17) is 0 Å². The van der Waals surface area contributed by atoms with Gasteiger partial charge in [-0.1, -0.05) is 34.1 Å². The van der Waals surface area contributed by atoms with Crippen LogP contribution >= 0.6 is 15.9 Å². The van der Waals surface area contributed by atoms with Gasteiger partial charge in [0.1, 0.15) is 6.54 Å². The number of rotatable bonds is 6. The smallest absolute Gasteiger partial charge is 0.244 e. The van der Waals surface area contributed by atoms with Crippen molar-refractivity contribution in [2.24, 2.45) is 4.99 Å². The first-order chi connectivity index (χ1) is 12.6. The molecule has 1 aromatic rings. The molecular formula is C20H29BrN4O. The summed E-state index contributed by atoms with van der Waals surface area (Å²) in [6, 6.07) is 8.44. The largest absolute Gasteiger partial charge is 0.357 e. The molecule has 1 saturated carbocycles. The number of carbonyl (C=O) groups excluding carboxylic acids is 1. The molecule has 6 heteroatoms. The summed E-state index contributed by atoms with van der Waals surface area (Å²) < 4.78 is 1.17. The summed E-state index contributed by atoms with van der Waals surface area (Å²) in [4.78, 5) is 18.8. The zero-order valence-corrected chi connectivity index (χ0v) is 17.1. The van der Waals surface area contributed by atoms with Crippen LogP contribution in [0.4, 0.5) is 0 Å². The highest BCUT2D eigenvalue weighted by Crippen LogP contribution is 2.49. The molecular weight excluding hydrogens is 392 g/mol. The maximum Gasteiger partial charge on any atom is 0.244 e. The molecule has 1 aliphatic carbocycles. The van der Waals surface area contributed by atoms with Crippen molar-refractivity contribution in [3.63, 3.8) is 0 Å². The summed E-state index contributed by atoms with van der Waals surface area (Å²) in [5, 5.41) is 6.72. The van der Waals surface area contributed by atoms with Crippen LogP contribution < -0.4 is 10.6 Å². The highest BCUT2D eigenvalue weighted by atomic mass is 79.9. The number of guanidine groups is 1. The lowest BCUT2D eigenvalue weighted by Crippen LogP contribution is -2.43. The van der Waals surface area contributed by atoms with Gasteiger partial charge in [0.2, 0.25) is 5.91 Å². The van der Waals surface area contributed by atoms with E-state index in [0.717, 1.165) is 45.0 Å². The second-order valence-corrected chi connectivity index (χ2v) is 8.10. The van der Waals surface area contributed by atoms with Gasteiger partial charge in [0, 0.05) is 36.1 Å². The Kier molecular flexibility index (Phi) is 6.57. The normalized spacial score (nSPS) is 19.2. The Morgan fingerprint density at radius 3 is 2.58 bits per heavy atom. The number of halogens is 1. The van der Waals surface area contributed by atoms with Gasteiger partial charge in [-0.05, 0) is 50.7 Å². The SMILES string of the molecule is CCNC(=NCC(=O)N1CCCCC1)NCC1(c2ccccc2Br)CC1. The zero-order valence-electron chi connectivity index (χ0n) is 15.6. The van der Waals surface area contributed by atoms with Crippen LogP contribution in [-0.2, 0) is 10.2 Å². The van der Waals surface area contributed by atoms with Gasteiger partial charge >= 0.3 is 0 Å². The molecule has 1 heterocycles. The Morgan fingerprint density at radius 1 is 1.19 bits per heavy atom. The molecule has 2 aliphatic rings. The summed E-state index contributed by atoms with van der Waals surface area (Å²) in [6.45, 7) is 5.64. The minimum atomic E-state index is 0.133. The van der Waals surface area contributed by atoms with Crippen LogP contribution in [0.15, 0.2) is 33.7 Å². The number of piperidine rings is 1. The van der Waals surface area contributed by atoms with E-state index in [-0.39, 0.29) is 17.9 Å². The number of benzene rings is 1. The molecule has 0 bridgehead atoms. The summed E-state index contributed by atoms with van der Waals surface area (Å²) >= 11 is 3.68. The van der Waals surface area contributed by atoms with Crippen molar-refractivity contribution in [2.45, 2.75) is 44.4 Å². The first-order valence-electron chi connectivity index (χ1n) is 9.69. The lowest BCUT2D eigenvalue weighted by Gasteiger charge is -2.26. The van der Waals surface area contributed by atoms with Crippen LogP contribution in [0.2, 0.25) is 0 Å². The molecule has 1 amide bonds. The Morgan fingerprint density at radius 2 is 1.92 bits per heavy atom. The third-order valence-corrected chi connectivity index (χ3v) is 6.01. The molecule has 2 N–H and O–H groups in total. The van der Waals surface area contributed by atoms with Gasteiger partial charge in [-0.2, -0.15) is 0 Å². The average Bonchev–Trinajstić information content (AvgIpc) is 3.46. The van der Waals surface area contributed by atoms with Gasteiger partial charge in [-0.15, -0.1) is 0 Å². The molecule has 142 valence electrons. The van der Waals surface area contributed by atoms with Crippen molar-refractivity contribution in [3.8, 4) is 0 Å². The molecule has 26 heavy (non-hydrogen) atoms. The van der Waals surface area contributed by atoms with Crippen molar-refractivity contribution >= 4 is 27.8 Å². The minimum absolute atomic E-state index is 0.133. The second-order valence-electron chi connectivity index (χ2n) is 7.25. The van der Waals surface area contributed by atoms with Crippen molar-refractivity contribution < 1.29 is 4.79 Å². The van der Waals surface area contributed by atoms with Gasteiger partial charge < -0.3 is 15.5 Å². The first-order valence-corrected chi connectivity index (χ1v) is 10.5. The minimum Gasteiger partial charge on any atom is -0.357 e. The fourth-order valence-electron chi connectivity index (χ4n) is 3.57. The monoisotopic (exact) mass is 420 g/mol. The van der Waals surface area contributed by atoms with Crippen LogP contribution in [0.25, 0.3) is 0 Å². The van der Waals surface area contributed by atoms with E-state index in [1.54, 1.807) is 0 Å². The topological polar surface area (TPSA) is 56.7 Å². The van der Waals surface area contributed by atoms with E-state index in [2.05, 4.69) is 55.8 Å². The second kappa shape index (κ2) is 8.89. The molecule has 0 aromatic heterocycles. The maximum absolute atomic E-state index is 12.3. The summed E-state index contributed by atoms with van der Waals surface area (Å²) in [5.74, 6) is 0.866. The third kappa shape index (κ3) is 4.78. The van der Waals surface area contributed by atoms with Crippen molar-refractivity contribution in [1.29, 1.82) is 0 Å². The summed E-state index contributed by atoms with van der Waals surface area (Å²) in [7, 11) is 0. The van der Waals surface area contributed by atoms with Gasteiger partial charge in [0.05, 0.1) is 0 Å².